The number of nitriles is 1. The van der Waals surface area contributed by atoms with Gasteiger partial charge in [-0.1, -0.05) is 19.0 Å². The lowest BCUT2D eigenvalue weighted by Crippen LogP contribution is -1.90. The van der Waals surface area contributed by atoms with E-state index in [1.165, 1.54) is 0 Å². The van der Waals surface area contributed by atoms with Gasteiger partial charge in [0.25, 0.3) is 0 Å². The van der Waals surface area contributed by atoms with Gasteiger partial charge in [0.15, 0.2) is 0 Å². The molecule has 1 fully saturated rings. The van der Waals surface area contributed by atoms with Gasteiger partial charge in [-0.05, 0) is 33.5 Å². The third kappa shape index (κ3) is 1.94. The molecule has 2 heterocycles. The lowest BCUT2D eigenvalue weighted by Gasteiger charge is -1.95. The zero-order valence-electron chi connectivity index (χ0n) is 10.5. The van der Waals surface area contributed by atoms with Gasteiger partial charge >= 0.3 is 0 Å². The first-order valence-electron chi connectivity index (χ1n) is 5.89. The summed E-state index contributed by atoms with van der Waals surface area (Å²) in [6.07, 6.45) is 1.69. The van der Waals surface area contributed by atoms with Crippen LogP contribution >= 0.6 is 15.9 Å². The molecule has 2 aromatic rings. The Balaban J connectivity index is 1.89. The minimum atomic E-state index is -0.0916. The SMILES string of the molecule is CC1(C)C(C#N)C1c1nc(-c2ccc(Br)cn2)no1. The van der Waals surface area contributed by atoms with E-state index in [9.17, 15) is 0 Å². The molecule has 3 rings (SSSR count). The fraction of sp³-hybridized carbons (Fsp3) is 0.385. The Kier molecular flexibility index (Phi) is 2.68. The molecule has 96 valence electrons. The summed E-state index contributed by atoms with van der Waals surface area (Å²) in [6, 6.07) is 5.98. The van der Waals surface area contributed by atoms with E-state index in [0.717, 1.165) is 4.47 Å². The first-order chi connectivity index (χ1) is 9.04. The molecule has 0 aliphatic heterocycles. The molecule has 1 aliphatic carbocycles. The predicted molar refractivity (Wildman–Crippen MR) is 70.9 cm³/mol. The number of nitrogens with zero attached hydrogens (tertiary/aromatic N) is 4. The maximum atomic E-state index is 9.07. The van der Waals surface area contributed by atoms with E-state index in [-0.39, 0.29) is 17.3 Å². The molecule has 0 saturated heterocycles. The molecule has 5 nitrogen and oxygen atoms in total. The molecule has 0 spiro atoms. The van der Waals surface area contributed by atoms with Crippen molar-refractivity contribution in [3.8, 4) is 17.6 Å². The van der Waals surface area contributed by atoms with Gasteiger partial charge in [-0.2, -0.15) is 10.2 Å². The molecule has 1 aliphatic rings. The smallest absolute Gasteiger partial charge is 0.232 e. The van der Waals surface area contributed by atoms with Crippen molar-refractivity contribution in [3.05, 3.63) is 28.7 Å². The Labute approximate surface area is 118 Å². The van der Waals surface area contributed by atoms with Crippen molar-refractivity contribution in [2.75, 3.05) is 0 Å². The minimum Gasteiger partial charge on any atom is -0.339 e. The first kappa shape index (κ1) is 12.3. The molecule has 1 saturated carbocycles. The van der Waals surface area contributed by atoms with Crippen LogP contribution in [0.25, 0.3) is 11.5 Å². The fourth-order valence-electron chi connectivity index (χ4n) is 2.31. The molecule has 6 heteroatoms. The second-order valence-corrected chi connectivity index (χ2v) is 6.14. The topological polar surface area (TPSA) is 75.6 Å². The lowest BCUT2D eigenvalue weighted by atomic mass is 10.1. The quantitative estimate of drug-likeness (QED) is 0.850. The van der Waals surface area contributed by atoms with E-state index in [4.69, 9.17) is 9.78 Å². The normalized spacial score (nSPS) is 23.9. The van der Waals surface area contributed by atoms with Crippen LogP contribution in [0.4, 0.5) is 0 Å². The number of aromatic nitrogens is 3. The highest BCUT2D eigenvalue weighted by Gasteiger charge is 2.62. The summed E-state index contributed by atoms with van der Waals surface area (Å²) in [4.78, 5) is 8.58. The summed E-state index contributed by atoms with van der Waals surface area (Å²) < 4.78 is 6.17. The van der Waals surface area contributed by atoms with Crippen LogP contribution in [0, 0.1) is 22.7 Å². The van der Waals surface area contributed by atoms with Crippen molar-refractivity contribution >= 4 is 15.9 Å². The van der Waals surface area contributed by atoms with Crippen molar-refractivity contribution < 1.29 is 4.52 Å². The lowest BCUT2D eigenvalue weighted by molar-refractivity contribution is 0.368. The van der Waals surface area contributed by atoms with Crippen LogP contribution in [0.3, 0.4) is 0 Å². The Morgan fingerprint density at radius 2 is 2.21 bits per heavy atom. The molecule has 0 amide bonds. The summed E-state index contributed by atoms with van der Waals surface area (Å²) >= 11 is 3.33. The van der Waals surface area contributed by atoms with Gasteiger partial charge < -0.3 is 4.52 Å². The molecular weight excluding hydrogens is 308 g/mol. The Morgan fingerprint density at radius 3 is 2.79 bits per heavy atom. The van der Waals surface area contributed by atoms with Gasteiger partial charge in [0.1, 0.15) is 5.69 Å². The Hall–Kier alpha value is -1.74. The van der Waals surface area contributed by atoms with E-state index < -0.39 is 0 Å². The summed E-state index contributed by atoms with van der Waals surface area (Å²) in [5.74, 6) is 0.950. The number of pyridine rings is 1. The van der Waals surface area contributed by atoms with Crippen LogP contribution in [0.15, 0.2) is 27.3 Å². The van der Waals surface area contributed by atoms with E-state index >= 15 is 0 Å². The second kappa shape index (κ2) is 4.14. The largest absolute Gasteiger partial charge is 0.339 e. The second-order valence-electron chi connectivity index (χ2n) is 5.22. The average molecular weight is 319 g/mol. The Morgan fingerprint density at radius 1 is 1.42 bits per heavy atom. The van der Waals surface area contributed by atoms with Gasteiger partial charge in [0.05, 0.1) is 17.9 Å². The van der Waals surface area contributed by atoms with E-state index in [0.29, 0.717) is 17.4 Å². The summed E-state index contributed by atoms with van der Waals surface area (Å²) in [7, 11) is 0. The molecule has 0 bridgehead atoms. The van der Waals surface area contributed by atoms with Crippen molar-refractivity contribution in [1.82, 2.24) is 15.1 Å². The minimum absolute atomic E-state index is 0.0224. The van der Waals surface area contributed by atoms with Crippen molar-refractivity contribution in [2.45, 2.75) is 19.8 Å². The summed E-state index contributed by atoms with van der Waals surface area (Å²) in [5, 5.41) is 13.0. The zero-order valence-corrected chi connectivity index (χ0v) is 12.0. The average Bonchev–Trinajstić information content (AvgIpc) is 2.76. The van der Waals surface area contributed by atoms with Crippen molar-refractivity contribution in [3.63, 3.8) is 0 Å². The highest BCUT2D eigenvalue weighted by atomic mass is 79.9. The van der Waals surface area contributed by atoms with Crippen LogP contribution < -0.4 is 0 Å². The molecule has 0 radical (unpaired) electrons. The third-order valence-electron chi connectivity index (χ3n) is 3.63. The van der Waals surface area contributed by atoms with Gasteiger partial charge in [-0.3, -0.25) is 4.98 Å². The highest BCUT2D eigenvalue weighted by molar-refractivity contribution is 9.10. The van der Waals surface area contributed by atoms with Gasteiger partial charge in [0.2, 0.25) is 11.7 Å². The van der Waals surface area contributed by atoms with E-state index in [2.05, 4.69) is 37.1 Å². The zero-order chi connectivity index (χ0) is 13.6. The fourth-order valence-corrected chi connectivity index (χ4v) is 2.55. The third-order valence-corrected chi connectivity index (χ3v) is 4.10. The molecule has 19 heavy (non-hydrogen) atoms. The number of halogens is 1. The monoisotopic (exact) mass is 318 g/mol. The van der Waals surface area contributed by atoms with Crippen LogP contribution in [0.5, 0.6) is 0 Å². The van der Waals surface area contributed by atoms with Crippen LogP contribution in [-0.2, 0) is 0 Å². The van der Waals surface area contributed by atoms with Crippen molar-refractivity contribution in [2.24, 2.45) is 11.3 Å². The maximum absolute atomic E-state index is 9.07. The van der Waals surface area contributed by atoms with E-state index in [1.807, 2.05) is 26.0 Å². The number of hydrogen-bond donors (Lipinski definition) is 0. The summed E-state index contributed by atoms with van der Waals surface area (Å²) in [5.41, 5.74) is 0.566. The van der Waals surface area contributed by atoms with Crippen molar-refractivity contribution in [1.29, 1.82) is 5.26 Å². The molecule has 2 atom stereocenters. The first-order valence-corrected chi connectivity index (χ1v) is 6.68. The molecule has 0 aromatic carbocycles. The van der Waals surface area contributed by atoms with Crippen LogP contribution in [0.2, 0.25) is 0 Å². The molecule has 0 N–H and O–H groups in total. The van der Waals surface area contributed by atoms with Crippen LogP contribution in [0.1, 0.15) is 25.7 Å². The van der Waals surface area contributed by atoms with E-state index in [1.54, 1.807) is 6.20 Å². The summed E-state index contributed by atoms with van der Waals surface area (Å²) in [6.45, 7) is 4.07. The van der Waals surface area contributed by atoms with Gasteiger partial charge in [0, 0.05) is 10.7 Å². The molecular formula is C13H11BrN4O. The molecule has 2 unspecified atom stereocenters. The maximum Gasteiger partial charge on any atom is 0.232 e. The van der Waals surface area contributed by atoms with Crippen LogP contribution in [-0.4, -0.2) is 15.1 Å². The van der Waals surface area contributed by atoms with Gasteiger partial charge in [-0.25, -0.2) is 0 Å². The Bertz CT molecular complexity index is 656. The number of rotatable bonds is 2. The number of hydrogen-bond acceptors (Lipinski definition) is 5. The predicted octanol–water partition coefficient (Wildman–Crippen LogP) is 3.16. The highest BCUT2D eigenvalue weighted by Crippen LogP contribution is 2.63. The van der Waals surface area contributed by atoms with Gasteiger partial charge in [-0.15, -0.1) is 0 Å². The molecule has 2 aromatic heterocycles. The standard InChI is InChI=1S/C13H11BrN4O/c1-13(2)8(5-15)10(13)12-17-11(18-19-12)9-4-3-7(14)6-16-9/h3-4,6,8,10H,1-2H3.